The number of benzene rings is 6. The molecule has 288 valence electrons. The molecule has 0 fully saturated rings. The first kappa shape index (κ1) is 41.6. The average molecular weight is 767 g/mol. The molecule has 0 saturated carbocycles. The highest BCUT2D eigenvalue weighted by Crippen LogP contribution is 2.32. The van der Waals surface area contributed by atoms with Crippen molar-refractivity contribution in [3.8, 4) is 57.4 Å². The molecule has 0 bridgehead atoms. The van der Waals surface area contributed by atoms with E-state index in [1.54, 1.807) is 74.9 Å². The number of hydrogen-bond donors (Lipinski definition) is 2. The number of aryl methyl sites for hydroxylation is 2. The molecule has 6 rings (SSSR count). The lowest BCUT2D eigenvalue weighted by Gasteiger charge is -2.11. The van der Waals surface area contributed by atoms with E-state index in [1.165, 1.54) is 11.1 Å². The lowest BCUT2D eigenvalue weighted by molar-refractivity contribution is 0.0511. The van der Waals surface area contributed by atoms with Crippen LogP contribution in [0.15, 0.2) is 146 Å². The van der Waals surface area contributed by atoms with Crippen molar-refractivity contribution in [2.75, 3.05) is 21.0 Å². The first-order valence-corrected chi connectivity index (χ1v) is 18.2. The maximum atomic E-state index is 10.9. The number of methoxy groups -OCH3 is 2. The highest BCUT2D eigenvalue weighted by Gasteiger charge is 2.09. The van der Waals surface area contributed by atoms with Gasteiger partial charge >= 0.3 is 11.9 Å². The second-order valence-electron chi connectivity index (χ2n) is 12.9. The zero-order valence-electron chi connectivity index (χ0n) is 32.7. The minimum atomic E-state index is -0.948. The van der Waals surface area contributed by atoms with E-state index < -0.39 is 11.9 Å². The lowest BCUT2D eigenvalue weighted by Crippen LogP contribution is -1.99. The molecular formula is C51H42O7. The molecule has 0 heterocycles. The van der Waals surface area contributed by atoms with Crippen LogP contribution in [0.3, 0.4) is 0 Å². The molecule has 0 aliphatic rings. The summed E-state index contributed by atoms with van der Waals surface area (Å²) in [5.74, 6) is 11.7. The molecule has 0 radical (unpaired) electrons. The van der Waals surface area contributed by atoms with Crippen LogP contribution in [0, 0.1) is 37.5 Å². The molecule has 0 unspecified atom stereocenters. The van der Waals surface area contributed by atoms with Gasteiger partial charge in [-0.1, -0.05) is 102 Å². The number of carbonyl (C=O) groups is 2. The Balaban J connectivity index is 0.000000221. The van der Waals surface area contributed by atoms with E-state index in [-0.39, 0.29) is 17.9 Å². The predicted molar refractivity (Wildman–Crippen MR) is 231 cm³/mol. The molecule has 0 saturated heterocycles. The molecule has 0 aliphatic heterocycles. The molecule has 6 aromatic rings. The summed E-state index contributed by atoms with van der Waals surface area (Å²) < 4.78 is 16.1. The van der Waals surface area contributed by atoms with Crippen molar-refractivity contribution in [3.63, 3.8) is 0 Å². The van der Waals surface area contributed by atoms with Crippen LogP contribution in [-0.4, -0.2) is 43.2 Å². The first-order valence-electron chi connectivity index (χ1n) is 18.2. The number of rotatable bonds is 10. The number of ether oxygens (including phenoxy) is 3. The molecular weight excluding hydrogens is 725 g/mol. The Bertz CT molecular complexity index is 2520. The normalized spacial score (nSPS) is 10.4. The van der Waals surface area contributed by atoms with Gasteiger partial charge in [-0.15, -0.1) is 0 Å². The standard InChI is InChI=1S/C26H22O4.C25H20O3/c1-19-7-11-22(12-8-19)25-17-24(30-18-29-2)16-15-21(25)6-4-3-5-20-9-13-23(14-10-20)26(27)28;1-18-10-14-20(15-11-18)22-8-5-9-24(28-2)23(22)7-4-3-6-19-12-16-21(17-13-19)25(26)27/h4,6-17H,18H2,1-2H3,(H,27,28);4-5,7-17H,1-2H3,(H,26,27)/b6-4+;. The van der Waals surface area contributed by atoms with Gasteiger partial charge in [0.05, 0.1) is 18.2 Å². The Morgan fingerprint density at radius 2 is 1.12 bits per heavy atom. The highest BCUT2D eigenvalue weighted by molar-refractivity contribution is 5.88. The van der Waals surface area contributed by atoms with Crippen LogP contribution in [0.4, 0.5) is 0 Å². The van der Waals surface area contributed by atoms with Crippen molar-refractivity contribution < 1.29 is 34.0 Å². The number of hydrogen-bond acceptors (Lipinski definition) is 5. The summed E-state index contributed by atoms with van der Waals surface area (Å²) in [5.41, 5.74) is 10.7. The fourth-order valence-corrected chi connectivity index (χ4v) is 5.66. The van der Waals surface area contributed by atoms with E-state index in [2.05, 4.69) is 92.1 Å². The van der Waals surface area contributed by atoms with E-state index in [9.17, 15) is 9.59 Å². The number of allylic oxidation sites excluding steroid dienone is 2. The maximum Gasteiger partial charge on any atom is 0.335 e. The van der Waals surface area contributed by atoms with Gasteiger partial charge in [0.1, 0.15) is 11.5 Å². The van der Waals surface area contributed by atoms with E-state index in [1.807, 2.05) is 42.5 Å². The Kier molecular flexibility index (Phi) is 15.0. The summed E-state index contributed by atoms with van der Waals surface area (Å²) in [5, 5.41) is 17.9. The van der Waals surface area contributed by atoms with Crippen molar-refractivity contribution in [1.29, 1.82) is 0 Å². The number of aromatic carboxylic acids is 2. The summed E-state index contributed by atoms with van der Waals surface area (Å²) in [7, 11) is 3.24. The minimum Gasteiger partial charge on any atom is -0.496 e. The fourth-order valence-electron chi connectivity index (χ4n) is 5.66. The van der Waals surface area contributed by atoms with Crippen LogP contribution < -0.4 is 9.47 Å². The SMILES string of the molecule is COCOc1ccc(/C=C/C#Cc2ccc(C(=O)O)cc2)c(-c2ccc(C)cc2)c1.COc1cccc(-c2ccc(C)cc2)c1C=CC#Cc1ccc(C(=O)O)cc1. The third kappa shape index (κ3) is 12.0. The van der Waals surface area contributed by atoms with Crippen LogP contribution in [0.5, 0.6) is 11.5 Å². The van der Waals surface area contributed by atoms with Crippen LogP contribution in [-0.2, 0) is 4.74 Å². The molecule has 0 atom stereocenters. The van der Waals surface area contributed by atoms with Crippen LogP contribution in [0.25, 0.3) is 34.4 Å². The van der Waals surface area contributed by atoms with Gasteiger partial charge in [-0.3, -0.25) is 0 Å². The van der Waals surface area contributed by atoms with Crippen LogP contribution >= 0.6 is 0 Å². The van der Waals surface area contributed by atoms with E-state index in [0.29, 0.717) is 0 Å². The molecule has 7 nitrogen and oxygen atoms in total. The van der Waals surface area contributed by atoms with Gasteiger partial charge in [0.25, 0.3) is 0 Å². The smallest absolute Gasteiger partial charge is 0.335 e. The first-order chi connectivity index (χ1) is 28.1. The Morgan fingerprint density at radius 1 is 0.603 bits per heavy atom. The summed E-state index contributed by atoms with van der Waals surface area (Å²) in [6, 6.07) is 41.5. The van der Waals surface area contributed by atoms with Gasteiger partial charge in [-0.05, 0) is 133 Å². The molecule has 2 N–H and O–H groups in total. The Hall–Kier alpha value is -7.58. The van der Waals surface area contributed by atoms with Gasteiger partial charge in [0, 0.05) is 23.8 Å². The topological polar surface area (TPSA) is 102 Å². The zero-order valence-corrected chi connectivity index (χ0v) is 32.7. The largest absolute Gasteiger partial charge is 0.496 e. The summed E-state index contributed by atoms with van der Waals surface area (Å²) in [4.78, 5) is 21.8. The maximum absolute atomic E-state index is 10.9. The van der Waals surface area contributed by atoms with Gasteiger partial charge < -0.3 is 24.4 Å². The third-order valence-corrected chi connectivity index (χ3v) is 8.76. The number of carboxylic acid groups (broad SMARTS) is 2. The quantitative estimate of drug-likeness (QED) is 0.106. The number of carboxylic acids is 2. The fraction of sp³-hybridized carbons (Fsp3) is 0.0980. The van der Waals surface area contributed by atoms with Gasteiger partial charge in [0.2, 0.25) is 0 Å². The minimum absolute atomic E-state index is 0.189. The zero-order chi connectivity index (χ0) is 41.3. The van der Waals surface area contributed by atoms with E-state index in [4.69, 9.17) is 24.4 Å². The molecule has 58 heavy (non-hydrogen) atoms. The predicted octanol–water partition coefficient (Wildman–Crippen LogP) is 10.8. The van der Waals surface area contributed by atoms with E-state index >= 15 is 0 Å². The van der Waals surface area contributed by atoms with Crippen molar-refractivity contribution in [2.45, 2.75) is 13.8 Å². The Labute approximate surface area is 339 Å². The third-order valence-electron chi connectivity index (χ3n) is 8.76. The molecule has 0 aromatic heterocycles. The van der Waals surface area contributed by atoms with Crippen molar-refractivity contribution >= 4 is 24.1 Å². The summed E-state index contributed by atoms with van der Waals surface area (Å²) >= 11 is 0. The highest BCUT2D eigenvalue weighted by atomic mass is 16.7. The second-order valence-corrected chi connectivity index (χ2v) is 12.9. The second kappa shape index (κ2) is 20.9. The molecule has 0 aliphatic carbocycles. The lowest BCUT2D eigenvalue weighted by atomic mass is 9.97. The molecule has 0 spiro atoms. The van der Waals surface area contributed by atoms with Crippen LogP contribution in [0.1, 0.15) is 54.1 Å². The molecule has 0 amide bonds. The van der Waals surface area contributed by atoms with Crippen molar-refractivity contribution in [2.24, 2.45) is 0 Å². The van der Waals surface area contributed by atoms with Crippen LogP contribution in [0.2, 0.25) is 0 Å². The monoisotopic (exact) mass is 766 g/mol. The molecule has 6 aromatic carbocycles. The van der Waals surface area contributed by atoms with Gasteiger partial charge in [-0.25, -0.2) is 9.59 Å². The summed E-state index contributed by atoms with van der Waals surface area (Å²) in [6.45, 7) is 4.31. The van der Waals surface area contributed by atoms with E-state index in [0.717, 1.165) is 56.0 Å². The van der Waals surface area contributed by atoms with Crippen molar-refractivity contribution in [1.82, 2.24) is 0 Å². The van der Waals surface area contributed by atoms with Gasteiger partial charge in [-0.2, -0.15) is 0 Å². The Morgan fingerprint density at radius 3 is 1.62 bits per heavy atom. The van der Waals surface area contributed by atoms with Gasteiger partial charge in [0.15, 0.2) is 6.79 Å². The van der Waals surface area contributed by atoms with Crippen molar-refractivity contribution in [3.05, 3.63) is 190 Å². The summed E-state index contributed by atoms with van der Waals surface area (Å²) in [6.07, 6.45) is 7.45. The average Bonchev–Trinajstić information content (AvgIpc) is 3.24. The molecule has 7 heteroatoms.